The zero-order valence-corrected chi connectivity index (χ0v) is 13.8. The topological polar surface area (TPSA) is 72.7 Å². The number of hydrogen-bond acceptors (Lipinski definition) is 5. The summed E-state index contributed by atoms with van der Waals surface area (Å²) in [6, 6.07) is 7.36. The van der Waals surface area contributed by atoms with Crippen LogP contribution in [0.4, 0.5) is 0 Å². The Morgan fingerprint density at radius 1 is 1.30 bits per heavy atom. The summed E-state index contributed by atoms with van der Waals surface area (Å²) in [6.07, 6.45) is 4.08. The molecule has 0 spiro atoms. The molecule has 0 aliphatic heterocycles. The van der Waals surface area contributed by atoms with Gasteiger partial charge in [-0.05, 0) is 31.5 Å². The minimum absolute atomic E-state index is 0.104. The number of benzene rings is 1. The maximum atomic E-state index is 12.4. The van der Waals surface area contributed by atoms with Crippen molar-refractivity contribution < 1.29 is 4.79 Å². The molecule has 1 aromatic carbocycles. The maximum Gasteiger partial charge on any atom is 0.251 e. The molecule has 0 unspecified atom stereocenters. The van der Waals surface area contributed by atoms with Crippen molar-refractivity contribution in [1.82, 2.24) is 25.1 Å². The van der Waals surface area contributed by atoms with Gasteiger partial charge in [0.2, 0.25) is 0 Å². The zero-order valence-electron chi connectivity index (χ0n) is 13.0. The fraction of sp³-hybridized carbons (Fsp3) is 0.250. The second-order valence-corrected chi connectivity index (χ2v) is 6.35. The quantitative estimate of drug-likeness (QED) is 0.781. The number of aromatic nitrogens is 4. The number of nitrogens with zero attached hydrogens (tertiary/aromatic N) is 4. The monoisotopic (exact) mass is 327 g/mol. The first kappa shape index (κ1) is 15.4. The fourth-order valence-corrected chi connectivity index (χ4v) is 3.30. The van der Waals surface area contributed by atoms with Gasteiger partial charge in [-0.3, -0.25) is 9.36 Å². The van der Waals surface area contributed by atoms with Gasteiger partial charge in [-0.2, -0.15) is 0 Å². The Hall–Kier alpha value is -2.54. The molecule has 0 radical (unpaired) electrons. The van der Waals surface area contributed by atoms with Gasteiger partial charge in [0.05, 0.1) is 17.2 Å². The van der Waals surface area contributed by atoms with E-state index in [0.29, 0.717) is 12.1 Å². The summed E-state index contributed by atoms with van der Waals surface area (Å²) in [5.41, 5.74) is 2.52. The highest BCUT2D eigenvalue weighted by Crippen LogP contribution is 2.18. The summed E-state index contributed by atoms with van der Waals surface area (Å²) < 4.78 is 1.76. The van der Waals surface area contributed by atoms with Gasteiger partial charge in [0.25, 0.3) is 5.91 Å². The van der Waals surface area contributed by atoms with E-state index < -0.39 is 0 Å². The molecule has 1 N–H and O–H groups in total. The number of thiazole rings is 1. The van der Waals surface area contributed by atoms with Crippen molar-refractivity contribution in [2.45, 2.75) is 26.8 Å². The SMILES string of the molecule is CCc1nc(C)sc1CNC(=O)c1cccc(-n2cnnc2)c1. The van der Waals surface area contributed by atoms with Crippen molar-refractivity contribution >= 4 is 17.2 Å². The van der Waals surface area contributed by atoms with Crippen LogP contribution >= 0.6 is 11.3 Å². The molecule has 0 saturated carbocycles. The number of aryl methyl sites for hydroxylation is 2. The highest BCUT2D eigenvalue weighted by molar-refractivity contribution is 7.11. The molecule has 0 aliphatic rings. The minimum atomic E-state index is -0.104. The number of hydrogen-bond donors (Lipinski definition) is 1. The van der Waals surface area contributed by atoms with Gasteiger partial charge in [0, 0.05) is 16.1 Å². The van der Waals surface area contributed by atoms with Crippen LogP contribution in [0, 0.1) is 6.92 Å². The molecule has 0 bridgehead atoms. The summed E-state index contributed by atoms with van der Waals surface area (Å²) in [7, 11) is 0. The molecule has 0 fully saturated rings. The number of carbonyl (C=O) groups is 1. The summed E-state index contributed by atoms with van der Waals surface area (Å²) >= 11 is 1.63. The largest absolute Gasteiger partial charge is 0.347 e. The van der Waals surface area contributed by atoms with E-state index in [1.807, 2.05) is 25.1 Å². The van der Waals surface area contributed by atoms with Gasteiger partial charge in [0.15, 0.2) is 0 Å². The predicted octanol–water partition coefficient (Wildman–Crippen LogP) is 2.52. The van der Waals surface area contributed by atoms with Gasteiger partial charge in [-0.15, -0.1) is 21.5 Å². The van der Waals surface area contributed by atoms with Crippen LogP contribution in [-0.4, -0.2) is 25.7 Å². The Kier molecular flexibility index (Phi) is 4.47. The third-order valence-electron chi connectivity index (χ3n) is 3.45. The first-order valence-electron chi connectivity index (χ1n) is 7.36. The normalized spacial score (nSPS) is 10.7. The lowest BCUT2D eigenvalue weighted by molar-refractivity contribution is 0.0951. The fourth-order valence-electron chi connectivity index (χ4n) is 2.33. The van der Waals surface area contributed by atoms with E-state index >= 15 is 0 Å². The molecule has 23 heavy (non-hydrogen) atoms. The molecule has 3 rings (SSSR count). The molecule has 0 saturated heterocycles. The van der Waals surface area contributed by atoms with E-state index in [9.17, 15) is 4.79 Å². The lowest BCUT2D eigenvalue weighted by Gasteiger charge is -2.07. The van der Waals surface area contributed by atoms with E-state index in [1.54, 1.807) is 34.6 Å². The molecular weight excluding hydrogens is 310 g/mol. The first-order valence-corrected chi connectivity index (χ1v) is 8.17. The van der Waals surface area contributed by atoms with E-state index in [2.05, 4.69) is 27.4 Å². The molecular formula is C16H17N5OS. The first-order chi connectivity index (χ1) is 11.2. The molecule has 6 nitrogen and oxygen atoms in total. The van der Waals surface area contributed by atoms with Crippen LogP contribution in [0.15, 0.2) is 36.9 Å². The Balaban J connectivity index is 1.72. The standard InChI is InChI=1S/C16H17N5OS/c1-3-14-15(23-11(2)20-14)8-17-16(22)12-5-4-6-13(7-12)21-9-18-19-10-21/h4-7,9-10H,3,8H2,1-2H3,(H,17,22). The highest BCUT2D eigenvalue weighted by Gasteiger charge is 2.11. The van der Waals surface area contributed by atoms with E-state index in [0.717, 1.165) is 27.7 Å². The minimum Gasteiger partial charge on any atom is -0.347 e. The average molecular weight is 327 g/mol. The highest BCUT2D eigenvalue weighted by atomic mass is 32.1. The third kappa shape index (κ3) is 3.45. The summed E-state index contributed by atoms with van der Waals surface area (Å²) in [6.45, 7) is 4.56. The van der Waals surface area contributed by atoms with E-state index in [1.165, 1.54) is 0 Å². The van der Waals surface area contributed by atoms with Crippen molar-refractivity contribution in [1.29, 1.82) is 0 Å². The van der Waals surface area contributed by atoms with Gasteiger partial charge < -0.3 is 5.32 Å². The van der Waals surface area contributed by atoms with Crippen molar-refractivity contribution in [2.24, 2.45) is 0 Å². The van der Waals surface area contributed by atoms with Crippen molar-refractivity contribution in [2.75, 3.05) is 0 Å². The van der Waals surface area contributed by atoms with Crippen LogP contribution in [-0.2, 0) is 13.0 Å². The van der Waals surface area contributed by atoms with Gasteiger partial charge >= 0.3 is 0 Å². The smallest absolute Gasteiger partial charge is 0.251 e. The predicted molar refractivity (Wildman–Crippen MR) is 88.8 cm³/mol. The number of carbonyl (C=O) groups excluding carboxylic acids is 1. The number of amides is 1. The van der Waals surface area contributed by atoms with Crippen LogP contribution in [0.2, 0.25) is 0 Å². The number of nitrogens with one attached hydrogen (secondary N) is 1. The molecule has 7 heteroatoms. The Morgan fingerprint density at radius 2 is 2.09 bits per heavy atom. The van der Waals surface area contributed by atoms with Gasteiger partial charge in [-0.1, -0.05) is 13.0 Å². The average Bonchev–Trinajstić information content (AvgIpc) is 3.22. The van der Waals surface area contributed by atoms with E-state index in [-0.39, 0.29) is 5.91 Å². The van der Waals surface area contributed by atoms with Crippen LogP contribution in [0.3, 0.4) is 0 Å². The van der Waals surface area contributed by atoms with Crippen molar-refractivity contribution in [3.63, 3.8) is 0 Å². The molecule has 0 aliphatic carbocycles. The summed E-state index contributed by atoms with van der Waals surface area (Å²) in [5, 5.41) is 11.5. The van der Waals surface area contributed by atoms with Crippen molar-refractivity contribution in [3.8, 4) is 5.69 Å². The second kappa shape index (κ2) is 6.70. The lowest BCUT2D eigenvalue weighted by atomic mass is 10.2. The van der Waals surface area contributed by atoms with Crippen LogP contribution < -0.4 is 5.32 Å². The molecule has 2 aromatic heterocycles. The Labute approximate surface area is 138 Å². The van der Waals surface area contributed by atoms with E-state index in [4.69, 9.17) is 0 Å². The molecule has 1 amide bonds. The summed E-state index contributed by atoms with van der Waals surface area (Å²) in [5.74, 6) is -0.104. The van der Waals surface area contributed by atoms with Crippen LogP contribution in [0.25, 0.3) is 5.69 Å². The van der Waals surface area contributed by atoms with Gasteiger partial charge in [-0.25, -0.2) is 4.98 Å². The van der Waals surface area contributed by atoms with Crippen LogP contribution in [0.1, 0.15) is 32.9 Å². The molecule has 118 valence electrons. The van der Waals surface area contributed by atoms with Gasteiger partial charge in [0.1, 0.15) is 12.7 Å². The van der Waals surface area contributed by atoms with Crippen molar-refractivity contribution in [3.05, 3.63) is 58.1 Å². The molecule has 2 heterocycles. The second-order valence-electron chi connectivity index (χ2n) is 5.06. The lowest BCUT2D eigenvalue weighted by Crippen LogP contribution is -2.23. The number of rotatable bonds is 5. The van der Waals surface area contributed by atoms with Crippen LogP contribution in [0.5, 0.6) is 0 Å². The third-order valence-corrected chi connectivity index (χ3v) is 4.47. The zero-order chi connectivity index (χ0) is 16.2. The maximum absolute atomic E-state index is 12.4. The molecule has 0 atom stereocenters. The Morgan fingerprint density at radius 3 is 2.83 bits per heavy atom. The molecule has 3 aromatic rings. The Bertz CT molecular complexity index is 810. The summed E-state index contributed by atoms with van der Waals surface area (Å²) in [4.78, 5) is 18.0.